The molecule has 1 amide bonds. The number of aromatic nitrogens is 2. The zero-order valence-electron chi connectivity index (χ0n) is 16.0. The Hall–Kier alpha value is -3.09. The van der Waals surface area contributed by atoms with Gasteiger partial charge in [0.25, 0.3) is 5.91 Å². The van der Waals surface area contributed by atoms with Gasteiger partial charge in [0, 0.05) is 5.56 Å². The van der Waals surface area contributed by atoms with Crippen LogP contribution in [0.25, 0.3) is 5.69 Å². The standard InChI is InChI=1S/C22H20F3N3O/c1-13(2)11-17-18-19(14-7-6-8-15(12-14)22(23,24)25)26-21(29)20(18)28(27-17)16-9-4-3-5-10-16/h3-10,12-13,19H,11H2,1-2H3,(H,26,29). The third-order valence-electron chi connectivity index (χ3n) is 4.93. The number of halogens is 3. The van der Waals surface area contributed by atoms with Gasteiger partial charge in [0.2, 0.25) is 0 Å². The number of benzene rings is 2. The molecule has 150 valence electrons. The Labute approximate surface area is 166 Å². The maximum Gasteiger partial charge on any atom is 0.416 e. The van der Waals surface area contributed by atoms with Crippen LogP contribution in [0.5, 0.6) is 0 Å². The quantitative estimate of drug-likeness (QED) is 0.677. The molecule has 0 saturated carbocycles. The second kappa shape index (κ2) is 7.06. The van der Waals surface area contributed by atoms with Crippen molar-refractivity contribution in [3.63, 3.8) is 0 Å². The number of nitrogens with one attached hydrogen (secondary N) is 1. The third kappa shape index (κ3) is 3.52. The van der Waals surface area contributed by atoms with Crippen LogP contribution in [0.3, 0.4) is 0 Å². The molecule has 0 spiro atoms. The summed E-state index contributed by atoms with van der Waals surface area (Å²) in [7, 11) is 0. The number of carbonyl (C=O) groups excluding carboxylic acids is 1. The van der Waals surface area contributed by atoms with Crippen LogP contribution in [0.15, 0.2) is 54.6 Å². The van der Waals surface area contributed by atoms with Crippen LogP contribution in [-0.4, -0.2) is 15.7 Å². The van der Waals surface area contributed by atoms with Crippen molar-refractivity contribution in [3.05, 3.63) is 82.7 Å². The first-order chi connectivity index (χ1) is 13.8. The lowest BCUT2D eigenvalue weighted by Crippen LogP contribution is -2.23. The number of amides is 1. The molecule has 2 aromatic carbocycles. The highest BCUT2D eigenvalue weighted by atomic mass is 19.4. The molecule has 1 aliphatic rings. The number of carbonyl (C=O) groups is 1. The number of para-hydroxylation sites is 1. The molecule has 4 rings (SSSR count). The Morgan fingerprint density at radius 1 is 1.10 bits per heavy atom. The van der Waals surface area contributed by atoms with Crippen LogP contribution < -0.4 is 5.32 Å². The van der Waals surface area contributed by atoms with Gasteiger partial charge in [0.05, 0.1) is 23.0 Å². The van der Waals surface area contributed by atoms with Crippen molar-refractivity contribution < 1.29 is 18.0 Å². The van der Waals surface area contributed by atoms with E-state index in [0.29, 0.717) is 23.2 Å². The van der Waals surface area contributed by atoms with E-state index in [9.17, 15) is 18.0 Å². The Bertz CT molecular complexity index is 1050. The highest BCUT2D eigenvalue weighted by Gasteiger charge is 2.39. The van der Waals surface area contributed by atoms with Crippen molar-refractivity contribution >= 4 is 5.91 Å². The fraction of sp³-hybridized carbons (Fsp3) is 0.273. The minimum absolute atomic E-state index is 0.274. The molecule has 1 aromatic heterocycles. The number of nitrogens with zero attached hydrogens (tertiary/aromatic N) is 2. The zero-order chi connectivity index (χ0) is 20.8. The molecule has 0 aliphatic carbocycles. The van der Waals surface area contributed by atoms with E-state index in [1.54, 1.807) is 10.7 Å². The summed E-state index contributed by atoms with van der Waals surface area (Å²) in [5.74, 6) is -0.0649. The Balaban J connectivity index is 1.87. The van der Waals surface area contributed by atoms with Crippen LogP contribution in [0.1, 0.15) is 52.8 Å². The first-order valence-electron chi connectivity index (χ1n) is 9.41. The van der Waals surface area contributed by atoms with Gasteiger partial charge >= 0.3 is 6.18 Å². The summed E-state index contributed by atoms with van der Waals surface area (Å²) in [5, 5.41) is 7.52. The molecule has 1 unspecified atom stereocenters. The summed E-state index contributed by atoms with van der Waals surface area (Å²) in [6.45, 7) is 4.08. The summed E-state index contributed by atoms with van der Waals surface area (Å²) in [6.07, 6.45) is -3.83. The van der Waals surface area contributed by atoms with Gasteiger partial charge < -0.3 is 5.32 Å². The normalized spacial score (nSPS) is 16.2. The lowest BCUT2D eigenvalue weighted by Gasteiger charge is -2.16. The molecule has 3 aromatic rings. The topological polar surface area (TPSA) is 46.9 Å². The zero-order valence-corrected chi connectivity index (χ0v) is 16.0. The highest BCUT2D eigenvalue weighted by molar-refractivity contribution is 5.99. The van der Waals surface area contributed by atoms with Gasteiger partial charge in [-0.3, -0.25) is 4.79 Å². The lowest BCUT2D eigenvalue weighted by molar-refractivity contribution is -0.137. The van der Waals surface area contributed by atoms with Gasteiger partial charge in [-0.2, -0.15) is 18.3 Å². The van der Waals surface area contributed by atoms with E-state index in [2.05, 4.69) is 10.4 Å². The van der Waals surface area contributed by atoms with Gasteiger partial charge in [0.1, 0.15) is 5.69 Å². The van der Waals surface area contributed by atoms with Gasteiger partial charge in [-0.15, -0.1) is 0 Å². The maximum absolute atomic E-state index is 13.2. The fourth-order valence-electron chi connectivity index (χ4n) is 3.71. The molecule has 0 radical (unpaired) electrons. The summed E-state index contributed by atoms with van der Waals surface area (Å²) < 4.78 is 41.2. The minimum Gasteiger partial charge on any atom is -0.340 e. The fourth-order valence-corrected chi connectivity index (χ4v) is 3.71. The monoisotopic (exact) mass is 399 g/mol. The Morgan fingerprint density at radius 2 is 1.83 bits per heavy atom. The molecule has 1 N–H and O–H groups in total. The third-order valence-corrected chi connectivity index (χ3v) is 4.93. The predicted octanol–water partition coefficient (Wildman–Crippen LogP) is 4.92. The molecule has 1 aliphatic heterocycles. The Morgan fingerprint density at radius 3 is 2.48 bits per heavy atom. The van der Waals surface area contributed by atoms with Crippen LogP contribution in [-0.2, 0) is 12.6 Å². The van der Waals surface area contributed by atoms with Crippen molar-refractivity contribution in [1.29, 1.82) is 0 Å². The second-order valence-corrected chi connectivity index (χ2v) is 7.58. The minimum atomic E-state index is -4.45. The smallest absolute Gasteiger partial charge is 0.340 e. The number of fused-ring (bicyclic) bond motifs is 1. The molecular formula is C22H20F3N3O. The Kier molecular flexibility index (Phi) is 4.68. The molecule has 1 atom stereocenters. The molecule has 0 bridgehead atoms. The van der Waals surface area contributed by atoms with Crippen molar-refractivity contribution in [2.45, 2.75) is 32.5 Å². The van der Waals surface area contributed by atoms with E-state index in [1.165, 1.54) is 6.07 Å². The van der Waals surface area contributed by atoms with E-state index in [-0.39, 0.29) is 11.8 Å². The summed E-state index contributed by atoms with van der Waals surface area (Å²) in [6, 6.07) is 13.7. The number of rotatable bonds is 4. The van der Waals surface area contributed by atoms with Crippen LogP contribution in [0.4, 0.5) is 13.2 Å². The van der Waals surface area contributed by atoms with Crippen LogP contribution in [0.2, 0.25) is 0 Å². The molecule has 0 saturated heterocycles. The predicted molar refractivity (Wildman–Crippen MR) is 103 cm³/mol. The van der Waals surface area contributed by atoms with Gasteiger partial charge in [-0.25, -0.2) is 4.68 Å². The van der Waals surface area contributed by atoms with E-state index < -0.39 is 17.8 Å². The van der Waals surface area contributed by atoms with E-state index in [0.717, 1.165) is 23.5 Å². The molecule has 4 nitrogen and oxygen atoms in total. The van der Waals surface area contributed by atoms with Gasteiger partial charge in [-0.05, 0) is 42.2 Å². The van der Waals surface area contributed by atoms with Crippen LogP contribution in [0, 0.1) is 5.92 Å². The average Bonchev–Trinajstić information content (AvgIpc) is 3.21. The molecule has 7 heteroatoms. The summed E-state index contributed by atoms with van der Waals surface area (Å²) in [5.41, 5.74) is 2.16. The SMILES string of the molecule is CC(C)Cc1nn(-c2ccccc2)c2c1C(c1cccc(C(F)(F)F)c1)NC2=O. The van der Waals surface area contributed by atoms with Crippen LogP contribution >= 0.6 is 0 Å². The maximum atomic E-state index is 13.2. The van der Waals surface area contributed by atoms with E-state index >= 15 is 0 Å². The second-order valence-electron chi connectivity index (χ2n) is 7.58. The van der Waals surface area contributed by atoms with Crippen molar-refractivity contribution in [2.24, 2.45) is 5.92 Å². The molecule has 29 heavy (non-hydrogen) atoms. The van der Waals surface area contributed by atoms with Crippen molar-refractivity contribution in [3.8, 4) is 5.69 Å². The highest BCUT2D eigenvalue weighted by Crippen LogP contribution is 2.38. The van der Waals surface area contributed by atoms with Crippen molar-refractivity contribution in [2.75, 3.05) is 0 Å². The van der Waals surface area contributed by atoms with Crippen molar-refractivity contribution in [1.82, 2.24) is 15.1 Å². The summed E-state index contributed by atoms with van der Waals surface area (Å²) >= 11 is 0. The number of alkyl halides is 3. The first kappa shape index (κ1) is 19.2. The molecule has 2 heterocycles. The number of hydrogen-bond donors (Lipinski definition) is 1. The number of hydrogen-bond acceptors (Lipinski definition) is 2. The van der Waals surface area contributed by atoms with Gasteiger partial charge in [-0.1, -0.05) is 44.2 Å². The van der Waals surface area contributed by atoms with Gasteiger partial charge in [0.15, 0.2) is 0 Å². The average molecular weight is 399 g/mol. The molecule has 0 fully saturated rings. The van der Waals surface area contributed by atoms with E-state index in [1.807, 2.05) is 44.2 Å². The summed E-state index contributed by atoms with van der Waals surface area (Å²) in [4.78, 5) is 12.8. The largest absolute Gasteiger partial charge is 0.416 e. The lowest BCUT2D eigenvalue weighted by atomic mass is 9.95. The molecular weight excluding hydrogens is 379 g/mol. The van der Waals surface area contributed by atoms with E-state index in [4.69, 9.17) is 0 Å². The first-order valence-corrected chi connectivity index (χ1v) is 9.41.